The van der Waals surface area contributed by atoms with Gasteiger partial charge in [-0.3, -0.25) is 9.89 Å². The van der Waals surface area contributed by atoms with E-state index in [0.29, 0.717) is 6.04 Å². The van der Waals surface area contributed by atoms with E-state index in [1.54, 1.807) is 24.3 Å². The van der Waals surface area contributed by atoms with E-state index in [-0.39, 0.29) is 5.91 Å². The standard InChI is InChI=1S/C12H14N4O/c1-15(10-7-13-14-8-10)12(17)11-3-2-6-16(11)9-4-5-9/h2-3,6-9H,4-5H2,1H3,(H,13,14). The molecule has 0 aromatic carbocycles. The van der Waals surface area contributed by atoms with Crippen LogP contribution in [0.2, 0.25) is 0 Å². The highest BCUT2D eigenvalue weighted by molar-refractivity contribution is 6.04. The maximum atomic E-state index is 12.3. The Kier molecular flexibility index (Phi) is 2.24. The number of rotatable bonds is 3. The van der Waals surface area contributed by atoms with E-state index < -0.39 is 0 Å². The Balaban J connectivity index is 1.88. The molecule has 0 bridgehead atoms. The van der Waals surface area contributed by atoms with Crippen LogP contribution in [0.1, 0.15) is 29.4 Å². The minimum atomic E-state index is 0.00306. The predicted octanol–water partition coefficient (Wildman–Crippen LogP) is 1.82. The molecule has 0 saturated heterocycles. The average Bonchev–Trinajstić information content (AvgIpc) is 2.86. The van der Waals surface area contributed by atoms with E-state index in [0.717, 1.165) is 11.4 Å². The molecule has 5 heteroatoms. The van der Waals surface area contributed by atoms with Crippen LogP contribution in [-0.4, -0.2) is 27.7 Å². The first kappa shape index (κ1) is 10.1. The molecule has 88 valence electrons. The van der Waals surface area contributed by atoms with Crippen molar-refractivity contribution < 1.29 is 4.79 Å². The third-order valence-corrected chi connectivity index (χ3v) is 3.11. The highest BCUT2D eigenvalue weighted by atomic mass is 16.2. The van der Waals surface area contributed by atoms with Crippen LogP contribution in [0.3, 0.4) is 0 Å². The molecule has 0 unspecified atom stereocenters. The molecule has 2 heterocycles. The van der Waals surface area contributed by atoms with Gasteiger partial charge in [-0.15, -0.1) is 0 Å². The quantitative estimate of drug-likeness (QED) is 0.874. The van der Waals surface area contributed by atoms with E-state index in [1.165, 1.54) is 12.8 Å². The van der Waals surface area contributed by atoms with Crippen LogP contribution in [0, 0.1) is 0 Å². The summed E-state index contributed by atoms with van der Waals surface area (Å²) in [6.45, 7) is 0. The molecule has 1 fully saturated rings. The van der Waals surface area contributed by atoms with E-state index >= 15 is 0 Å². The fourth-order valence-corrected chi connectivity index (χ4v) is 1.96. The number of nitrogens with one attached hydrogen (secondary N) is 1. The first-order valence-electron chi connectivity index (χ1n) is 5.71. The van der Waals surface area contributed by atoms with Crippen LogP contribution >= 0.6 is 0 Å². The maximum Gasteiger partial charge on any atom is 0.274 e. The molecule has 1 aliphatic rings. The molecule has 1 saturated carbocycles. The Bertz CT molecular complexity index is 524. The Labute approximate surface area is 99.0 Å². The van der Waals surface area contributed by atoms with Crippen LogP contribution in [0.25, 0.3) is 0 Å². The summed E-state index contributed by atoms with van der Waals surface area (Å²) in [5.41, 5.74) is 1.52. The van der Waals surface area contributed by atoms with E-state index in [9.17, 15) is 4.79 Å². The normalized spacial score (nSPS) is 14.9. The van der Waals surface area contributed by atoms with Crippen molar-refractivity contribution in [1.82, 2.24) is 14.8 Å². The third kappa shape index (κ3) is 1.73. The van der Waals surface area contributed by atoms with Gasteiger partial charge in [0.25, 0.3) is 5.91 Å². The molecule has 0 radical (unpaired) electrons. The van der Waals surface area contributed by atoms with Gasteiger partial charge in [0.15, 0.2) is 0 Å². The number of hydrogen-bond donors (Lipinski definition) is 1. The number of aromatic amines is 1. The number of H-pyrrole nitrogens is 1. The maximum absolute atomic E-state index is 12.3. The molecule has 2 aromatic heterocycles. The van der Waals surface area contributed by atoms with Gasteiger partial charge in [0.2, 0.25) is 0 Å². The summed E-state index contributed by atoms with van der Waals surface area (Å²) in [7, 11) is 1.76. The van der Waals surface area contributed by atoms with Crippen molar-refractivity contribution in [2.24, 2.45) is 0 Å². The fraction of sp³-hybridized carbons (Fsp3) is 0.333. The van der Waals surface area contributed by atoms with Crippen molar-refractivity contribution in [2.75, 3.05) is 11.9 Å². The SMILES string of the molecule is CN(C(=O)c1cccn1C1CC1)c1cn[nH]c1. The van der Waals surface area contributed by atoms with Gasteiger partial charge in [-0.25, -0.2) is 0 Å². The number of carbonyl (C=O) groups is 1. The summed E-state index contributed by atoms with van der Waals surface area (Å²) in [6.07, 6.45) is 7.67. The van der Waals surface area contributed by atoms with Gasteiger partial charge in [0.05, 0.1) is 11.9 Å². The summed E-state index contributed by atoms with van der Waals surface area (Å²) >= 11 is 0. The molecule has 1 aliphatic carbocycles. The van der Waals surface area contributed by atoms with Crippen LogP contribution < -0.4 is 4.90 Å². The topological polar surface area (TPSA) is 53.9 Å². The van der Waals surface area contributed by atoms with Crippen molar-refractivity contribution in [1.29, 1.82) is 0 Å². The minimum Gasteiger partial charge on any atom is -0.340 e. The first-order valence-corrected chi connectivity index (χ1v) is 5.71. The molecule has 0 atom stereocenters. The number of aromatic nitrogens is 3. The highest BCUT2D eigenvalue weighted by Crippen LogP contribution is 2.36. The number of anilines is 1. The van der Waals surface area contributed by atoms with Gasteiger partial charge >= 0.3 is 0 Å². The van der Waals surface area contributed by atoms with Gasteiger partial charge in [0.1, 0.15) is 5.69 Å². The molecule has 17 heavy (non-hydrogen) atoms. The van der Waals surface area contributed by atoms with Crippen molar-refractivity contribution >= 4 is 11.6 Å². The van der Waals surface area contributed by atoms with Crippen molar-refractivity contribution in [3.8, 4) is 0 Å². The number of hydrogen-bond acceptors (Lipinski definition) is 2. The Hall–Kier alpha value is -2.04. The molecule has 1 N–H and O–H groups in total. The number of carbonyl (C=O) groups excluding carboxylic acids is 1. The zero-order valence-electron chi connectivity index (χ0n) is 9.63. The zero-order chi connectivity index (χ0) is 11.8. The summed E-state index contributed by atoms with van der Waals surface area (Å²) in [4.78, 5) is 13.9. The van der Waals surface area contributed by atoms with Gasteiger partial charge in [-0.2, -0.15) is 5.10 Å². The first-order chi connectivity index (χ1) is 8.27. The van der Waals surface area contributed by atoms with Crippen LogP contribution in [0.15, 0.2) is 30.7 Å². The molecule has 0 spiro atoms. The second kappa shape index (κ2) is 3.76. The van der Waals surface area contributed by atoms with Crippen LogP contribution in [0.5, 0.6) is 0 Å². The Morgan fingerprint density at radius 1 is 1.59 bits per heavy atom. The molecule has 1 amide bonds. The smallest absolute Gasteiger partial charge is 0.274 e. The molecular formula is C12H14N4O. The monoisotopic (exact) mass is 230 g/mol. The zero-order valence-corrected chi connectivity index (χ0v) is 9.63. The Morgan fingerprint density at radius 3 is 3.06 bits per heavy atom. The lowest BCUT2D eigenvalue weighted by atomic mass is 10.3. The lowest BCUT2D eigenvalue weighted by molar-refractivity contribution is 0.0984. The second-order valence-corrected chi connectivity index (χ2v) is 4.35. The Morgan fingerprint density at radius 2 is 2.41 bits per heavy atom. The summed E-state index contributed by atoms with van der Waals surface area (Å²) in [6, 6.07) is 4.31. The van der Waals surface area contributed by atoms with Crippen LogP contribution in [-0.2, 0) is 0 Å². The molecule has 5 nitrogen and oxygen atoms in total. The molecule has 2 aromatic rings. The summed E-state index contributed by atoms with van der Waals surface area (Å²) in [5.74, 6) is 0.00306. The fourth-order valence-electron chi connectivity index (χ4n) is 1.96. The van der Waals surface area contributed by atoms with Crippen molar-refractivity contribution in [3.63, 3.8) is 0 Å². The lowest BCUT2D eigenvalue weighted by Gasteiger charge is -2.16. The minimum absolute atomic E-state index is 0.00306. The number of nitrogens with zero attached hydrogens (tertiary/aromatic N) is 3. The second-order valence-electron chi connectivity index (χ2n) is 4.35. The lowest BCUT2D eigenvalue weighted by Crippen LogP contribution is -2.27. The van der Waals surface area contributed by atoms with E-state index in [2.05, 4.69) is 14.8 Å². The molecule has 0 aliphatic heterocycles. The number of amides is 1. The molecular weight excluding hydrogens is 216 g/mol. The van der Waals surface area contributed by atoms with E-state index in [4.69, 9.17) is 0 Å². The predicted molar refractivity (Wildman–Crippen MR) is 64.0 cm³/mol. The van der Waals surface area contributed by atoms with Gasteiger partial charge in [-0.05, 0) is 25.0 Å². The average molecular weight is 230 g/mol. The highest BCUT2D eigenvalue weighted by Gasteiger charge is 2.28. The van der Waals surface area contributed by atoms with E-state index in [1.807, 2.05) is 18.3 Å². The van der Waals surface area contributed by atoms with Crippen molar-refractivity contribution in [3.05, 3.63) is 36.4 Å². The van der Waals surface area contributed by atoms with Gasteiger partial charge in [0, 0.05) is 25.5 Å². The van der Waals surface area contributed by atoms with Gasteiger partial charge in [-0.1, -0.05) is 0 Å². The third-order valence-electron chi connectivity index (χ3n) is 3.11. The summed E-state index contributed by atoms with van der Waals surface area (Å²) < 4.78 is 2.07. The molecule has 3 rings (SSSR count). The van der Waals surface area contributed by atoms with Gasteiger partial charge < -0.3 is 9.47 Å². The van der Waals surface area contributed by atoms with Crippen molar-refractivity contribution in [2.45, 2.75) is 18.9 Å². The summed E-state index contributed by atoms with van der Waals surface area (Å²) in [5, 5.41) is 6.56. The largest absolute Gasteiger partial charge is 0.340 e. The van der Waals surface area contributed by atoms with Crippen LogP contribution in [0.4, 0.5) is 5.69 Å².